The molecule has 0 aromatic carbocycles. The van der Waals surface area contributed by atoms with E-state index in [1.165, 1.54) is 0 Å². The van der Waals surface area contributed by atoms with Crippen molar-refractivity contribution in [2.45, 2.75) is 50.7 Å². The van der Waals surface area contributed by atoms with Gasteiger partial charge in [0.25, 0.3) is 0 Å². The highest BCUT2D eigenvalue weighted by Gasteiger charge is 2.23. The zero-order chi connectivity index (χ0) is 13.8. The summed E-state index contributed by atoms with van der Waals surface area (Å²) in [6.07, 6.45) is 2.07. The third-order valence-corrected chi connectivity index (χ3v) is 4.58. The minimum atomic E-state index is 0.0972. The smallest absolute Gasteiger partial charge is 0.129 e. The molecule has 1 N–H and O–H groups in total. The van der Waals surface area contributed by atoms with Crippen molar-refractivity contribution in [3.63, 3.8) is 0 Å². The van der Waals surface area contributed by atoms with Gasteiger partial charge >= 0.3 is 0 Å². The molecule has 2 heterocycles. The topological polar surface area (TPSA) is 36.4 Å². The Hall–Kier alpha value is -0.740. The van der Waals surface area contributed by atoms with Crippen LogP contribution < -0.4 is 4.90 Å². The van der Waals surface area contributed by atoms with Gasteiger partial charge in [0.15, 0.2) is 0 Å². The number of hydrogen-bond acceptors (Lipinski definition) is 4. The second kappa shape index (κ2) is 6.62. The van der Waals surface area contributed by atoms with Gasteiger partial charge in [-0.3, -0.25) is 0 Å². The molecule has 4 heteroatoms. The normalized spacial score (nSPS) is 23.7. The monoisotopic (exact) mass is 280 g/mol. The van der Waals surface area contributed by atoms with Gasteiger partial charge in [0.1, 0.15) is 5.82 Å². The third-order valence-electron chi connectivity index (χ3n) is 3.36. The summed E-state index contributed by atoms with van der Waals surface area (Å²) in [6, 6.07) is 4.06. The molecule has 106 valence electrons. The van der Waals surface area contributed by atoms with Crippen LogP contribution in [-0.4, -0.2) is 33.7 Å². The minimum absolute atomic E-state index is 0.0972. The number of hydrogen-bond donors (Lipinski definition) is 1. The Morgan fingerprint density at radius 3 is 2.58 bits per heavy atom. The zero-order valence-corrected chi connectivity index (χ0v) is 12.9. The molecule has 0 radical (unpaired) electrons. The van der Waals surface area contributed by atoms with Crippen LogP contribution in [0.4, 0.5) is 5.82 Å². The fraction of sp³-hybridized carbons (Fsp3) is 0.667. The number of nitrogens with zero attached hydrogens (tertiary/aromatic N) is 2. The van der Waals surface area contributed by atoms with Crippen molar-refractivity contribution in [2.24, 2.45) is 0 Å². The fourth-order valence-corrected chi connectivity index (χ4v) is 3.96. The van der Waals surface area contributed by atoms with E-state index in [0.29, 0.717) is 10.5 Å². The number of pyridine rings is 1. The summed E-state index contributed by atoms with van der Waals surface area (Å²) < 4.78 is 0. The Balaban J connectivity index is 2.24. The lowest BCUT2D eigenvalue weighted by Gasteiger charge is -2.35. The summed E-state index contributed by atoms with van der Waals surface area (Å²) in [5.74, 6) is 1.04. The van der Waals surface area contributed by atoms with Crippen LogP contribution in [0.2, 0.25) is 0 Å². The summed E-state index contributed by atoms with van der Waals surface area (Å²) in [5.41, 5.74) is 2.08. The molecule has 0 amide bonds. The van der Waals surface area contributed by atoms with Crippen molar-refractivity contribution in [3.8, 4) is 0 Å². The molecular formula is C15H24N2OS. The highest BCUT2D eigenvalue weighted by Crippen LogP contribution is 2.28. The van der Waals surface area contributed by atoms with Gasteiger partial charge in [0.05, 0.1) is 6.61 Å². The first-order chi connectivity index (χ1) is 9.12. The van der Waals surface area contributed by atoms with Crippen molar-refractivity contribution >= 4 is 17.6 Å². The zero-order valence-electron chi connectivity index (χ0n) is 12.1. The van der Waals surface area contributed by atoms with Crippen molar-refractivity contribution in [1.82, 2.24) is 4.98 Å². The molecule has 2 unspecified atom stereocenters. The van der Waals surface area contributed by atoms with Gasteiger partial charge in [0, 0.05) is 29.3 Å². The molecule has 0 aliphatic carbocycles. The van der Waals surface area contributed by atoms with Crippen molar-refractivity contribution in [1.29, 1.82) is 0 Å². The van der Waals surface area contributed by atoms with E-state index in [0.717, 1.165) is 43.0 Å². The van der Waals surface area contributed by atoms with Gasteiger partial charge in [0.2, 0.25) is 0 Å². The van der Waals surface area contributed by atoms with Crippen molar-refractivity contribution < 1.29 is 5.11 Å². The Labute approximate surface area is 120 Å². The van der Waals surface area contributed by atoms with Gasteiger partial charge in [-0.15, -0.1) is 0 Å². The maximum Gasteiger partial charge on any atom is 0.129 e. The Bertz CT molecular complexity index is 415. The van der Waals surface area contributed by atoms with Crippen LogP contribution in [0.3, 0.4) is 0 Å². The molecule has 1 aliphatic rings. The largest absolute Gasteiger partial charge is 0.392 e. The minimum Gasteiger partial charge on any atom is -0.392 e. The van der Waals surface area contributed by atoms with Crippen LogP contribution in [0.15, 0.2) is 12.1 Å². The van der Waals surface area contributed by atoms with E-state index in [9.17, 15) is 5.11 Å². The van der Waals surface area contributed by atoms with Crippen LogP contribution in [0, 0.1) is 0 Å². The average molecular weight is 280 g/mol. The second-order valence-electron chi connectivity index (χ2n) is 5.40. The number of anilines is 1. The SMILES string of the molecule is CCCc1cc(CO)cc(N2CC(C)SC(C)C2)n1. The van der Waals surface area contributed by atoms with Crippen LogP contribution >= 0.6 is 11.8 Å². The molecule has 0 bridgehead atoms. The standard InChI is InChI=1S/C15H24N2OS/c1-4-5-14-6-13(10-18)7-15(16-14)17-8-11(2)19-12(3)9-17/h6-7,11-12,18H,4-5,8-10H2,1-3H3. The van der Waals surface area contributed by atoms with Crippen LogP contribution in [0.5, 0.6) is 0 Å². The number of rotatable bonds is 4. The first kappa shape index (κ1) is 14.7. The molecule has 1 aromatic heterocycles. The third kappa shape index (κ3) is 3.86. The van der Waals surface area contributed by atoms with Gasteiger partial charge < -0.3 is 10.0 Å². The van der Waals surface area contributed by atoms with E-state index in [4.69, 9.17) is 4.98 Å². The fourth-order valence-electron chi connectivity index (χ4n) is 2.64. The lowest BCUT2D eigenvalue weighted by atomic mass is 10.1. The summed E-state index contributed by atoms with van der Waals surface area (Å²) in [5, 5.41) is 10.7. The predicted octanol–water partition coefficient (Wildman–Crippen LogP) is 2.86. The molecule has 0 spiro atoms. The quantitative estimate of drug-likeness (QED) is 0.920. The molecule has 19 heavy (non-hydrogen) atoms. The average Bonchev–Trinajstić information content (AvgIpc) is 2.37. The molecule has 1 aliphatic heterocycles. The molecule has 1 saturated heterocycles. The molecule has 1 aromatic rings. The molecule has 2 rings (SSSR count). The van der Waals surface area contributed by atoms with Crippen LogP contribution in [0.25, 0.3) is 0 Å². The summed E-state index contributed by atoms with van der Waals surface area (Å²) in [4.78, 5) is 7.13. The second-order valence-corrected chi connectivity index (χ2v) is 7.28. The molecule has 3 nitrogen and oxygen atoms in total. The molecule has 2 atom stereocenters. The van der Waals surface area contributed by atoms with E-state index < -0.39 is 0 Å². The highest BCUT2D eigenvalue weighted by atomic mass is 32.2. The van der Waals surface area contributed by atoms with Crippen molar-refractivity contribution in [3.05, 3.63) is 23.4 Å². The maximum absolute atomic E-state index is 9.41. The van der Waals surface area contributed by atoms with Gasteiger partial charge in [-0.05, 0) is 24.1 Å². The highest BCUT2D eigenvalue weighted by molar-refractivity contribution is 8.00. The Morgan fingerprint density at radius 2 is 2.00 bits per heavy atom. The van der Waals surface area contributed by atoms with E-state index in [-0.39, 0.29) is 6.61 Å². The number of aryl methyl sites for hydroxylation is 1. The summed E-state index contributed by atoms with van der Waals surface area (Å²) in [7, 11) is 0. The van der Waals surface area contributed by atoms with Gasteiger partial charge in [-0.1, -0.05) is 27.2 Å². The number of thioether (sulfide) groups is 1. The van der Waals surface area contributed by atoms with Gasteiger partial charge in [-0.25, -0.2) is 4.98 Å². The number of aliphatic hydroxyl groups excluding tert-OH is 1. The lowest BCUT2D eigenvalue weighted by Crippen LogP contribution is -2.41. The van der Waals surface area contributed by atoms with E-state index in [2.05, 4.69) is 25.7 Å². The first-order valence-electron chi connectivity index (χ1n) is 7.13. The Kier molecular flexibility index (Phi) is 5.11. The maximum atomic E-state index is 9.41. The van der Waals surface area contributed by atoms with Crippen LogP contribution in [-0.2, 0) is 13.0 Å². The lowest BCUT2D eigenvalue weighted by molar-refractivity contribution is 0.281. The summed E-state index contributed by atoms with van der Waals surface area (Å²) >= 11 is 2.05. The van der Waals surface area contributed by atoms with Crippen LogP contribution in [0.1, 0.15) is 38.4 Å². The predicted molar refractivity (Wildman–Crippen MR) is 82.9 cm³/mol. The molecular weight excluding hydrogens is 256 g/mol. The number of aliphatic hydroxyl groups is 1. The van der Waals surface area contributed by atoms with Gasteiger partial charge in [-0.2, -0.15) is 11.8 Å². The van der Waals surface area contributed by atoms with E-state index in [1.54, 1.807) is 0 Å². The molecule has 0 saturated carbocycles. The van der Waals surface area contributed by atoms with E-state index >= 15 is 0 Å². The van der Waals surface area contributed by atoms with E-state index in [1.807, 2.05) is 23.9 Å². The number of aromatic nitrogens is 1. The molecule has 1 fully saturated rings. The summed E-state index contributed by atoms with van der Waals surface area (Å²) in [6.45, 7) is 8.89. The van der Waals surface area contributed by atoms with Crippen molar-refractivity contribution in [2.75, 3.05) is 18.0 Å². The first-order valence-corrected chi connectivity index (χ1v) is 8.07. The Morgan fingerprint density at radius 1 is 1.32 bits per heavy atom.